The molecular formula is C18H15N7OS. The topological polar surface area (TPSA) is 90.5 Å². The molecule has 0 aliphatic heterocycles. The van der Waals surface area contributed by atoms with E-state index >= 15 is 0 Å². The number of amides is 1. The van der Waals surface area contributed by atoms with Gasteiger partial charge in [-0.25, -0.2) is 9.67 Å². The third-order valence-corrected chi connectivity index (χ3v) is 4.86. The van der Waals surface area contributed by atoms with Crippen molar-refractivity contribution in [2.75, 3.05) is 5.32 Å². The lowest BCUT2D eigenvalue weighted by Gasteiger charge is -2.07. The van der Waals surface area contributed by atoms with Gasteiger partial charge in [0.1, 0.15) is 19.0 Å². The number of aryl methyl sites for hydroxylation is 1. The summed E-state index contributed by atoms with van der Waals surface area (Å²) >= 11 is 1.51. The van der Waals surface area contributed by atoms with E-state index in [0.29, 0.717) is 5.56 Å². The summed E-state index contributed by atoms with van der Waals surface area (Å²) in [5.41, 5.74) is 2.13. The van der Waals surface area contributed by atoms with Gasteiger partial charge < -0.3 is 9.88 Å². The van der Waals surface area contributed by atoms with Crippen LogP contribution in [0.2, 0.25) is 0 Å². The van der Waals surface area contributed by atoms with Crippen LogP contribution in [0.25, 0.3) is 5.69 Å². The van der Waals surface area contributed by atoms with Crippen LogP contribution in [0.3, 0.4) is 0 Å². The molecular weight excluding hydrogens is 362 g/mol. The second-order valence-electron chi connectivity index (χ2n) is 5.69. The van der Waals surface area contributed by atoms with Crippen molar-refractivity contribution in [2.24, 2.45) is 7.05 Å². The number of carbonyl (C=O) groups is 1. The molecule has 0 unspecified atom stereocenters. The van der Waals surface area contributed by atoms with Crippen molar-refractivity contribution in [1.29, 1.82) is 0 Å². The highest BCUT2D eigenvalue weighted by Gasteiger charge is 2.08. The van der Waals surface area contributed by atoms with Crippen molar-refractivity contribution in [3.63, 3.8) is 0 Å². The van der Waals surface area contributed by atoms with Crippen LogP contribution < -0.4 is 5.32 Å². The Balaban J connectivity index is 1.41. The number of anilines is 1. The Morgan fingerprint density at radius 2 is 1.81 bits per heavy atom. The number of nitrogens with zero attached hydrogens (tertiary/aromatic N) is 6. The number of hydrogen-bond donors (Lipinski definition) is 1. The first kappa shape index (κ1) is 17.0. The molecule has 8 nitrogen and oxygen atoms in total. The Kier molecular flexibility index (Phi) is 4.67. The molecule has 0 bridgehead atoms. The molecule has 134 valence electrons. The smallest absolute Gasteiger partial charge is 0.255 e. The normalized spacial score (nSPS) is 10.7. The van der Waals surface area contributed by atoms with Crippen LogP contribution in [-0.4, -0.2) is 35.4 Å². The Bertz CT molecular complexity index is 1040. The van der Waals surface area contributed by atoms with E-state index in [9.17, 15) is 4.79 Å². The van der Waals surface area contributed by atoms with E-state index in [1.54, 1.807) is 29.5 Å². The third kappa shape index (κ3) is 3.87. The maximum Gasteiger partial charge on any atom is 0.255 e. The van der Waals surface area contributed by atoms with Gasteiger partial charge in [-0.3, -0.25) is 4.79 Å². The Hall–Kier alpha value is -3.46. The molecule has 0 aliphatic carbocycles. The second-order valence-corrected chi connectivity index (χ2v) is 6.73. The monoisotopic (exact) mass is 377 g/mol. The number of benzene rings is 2. The lowest BCUT2D eigenvalue weighted by atomic mass is 10.2. The van der Waals surface area contributed by atoms with Crippen LogP contribution in [0.1, 0.15) is 10.4 Å². The van der Waals surface area contributed by atoms with Crippen LogP contribution in [0.4, 0.5) is 5.69 Å². The molecule has 2 aromatic carbocycles. The van der Waals surface area contributed by atoms with Crippen molar-refractivity contribution in [3.8, 4) is 5.69 Å². The van der Waals surface area contributed by atoms with Gasteiger partial charge >= 0.3 is 0 Å². The van der Waals surface area contributed by atoms with Crippen LogP contribution >= 0.6 is 11.8 Å². The van der Waals surface area contributed by atoms with Crippen LogP contribution in [0.5, 0.6) is 0 Å². The SMILES string of the molecule is Cn1cnnc1Sc1ccc(NC(=O)c2ccc(-n3cncn3)cc2)cc1. The third-order valence-electron chi connectivity index (χ3n) is 3.80. The van der Waals surface area contributed by atoms with Gasteiger partial charge in [-0.15, -0.1) is 10.2 Å². The predicted molar refractivity (Wildman–Crippen MR) is 101 cm³/mol. The molecule has 9 heteroatoms. The first-order chi connectivity index (χ1) is 13.2. The lowest BCUT2D eigenvalue weighted by Crippen LogP contribution is -2.11. The zero-order valence-corrected chi connectivity index (χ0v) is 15.2. The highest BCUT2D eigenvalue weighted by Crippen LogP contribution is 2.26. The molecule has 4 aromatic rings. The standard InChI is InChI=1S/C18H15N7OS/c1-24-12-20-23-18(24)27-16-8-4-14(5-9-16)22-17(26)13-2-6-15(7-3-13)25-11-19-10-21-25/h2-12H,1H3,(H,22,26). The van der Waals surface area contributed by atoms with Gasteiger partial charge in [-0.1, -0.05) is 0 Å². The van der Waals surface area contributed by atoms with Crippen LogP contribution in [0, 0.1) is 0 Å². The van der Waals surface area contributed by atoms with Gasteiger partial charge in [0.05, 0.1) is 5.69 Å². The average molecular weight is 377 g/mol. The summed E-state index contributed by atoms with van der Waals surface area (Å²) in [6, 6.07) is 14.7. The summed E-state index contributed by atoms with van der Waals surface area (Å²) in [6.45, 7) is 0. The fourth-order valence-corrected chi connectivity index (χ4v) is 3.15. The number of aromatic nitrogens is 6. The molecule has 0 saturated carbocycles. The highest BCUT2D eigenvalue weighted by molar-refractivity contribution is 7.99. The maximum absolute atomic E-state index is 12.4. The zero-order chi connectivity index (χ0) is 18.6. The van der Waals surface area contributed by atoms with E-state index in [4.69, 9.17) is 0 Å². The quantitative estimate of drug-likeness (QED) is 0.575. The minimum absolute atomic E-state index is 0.172. The predicted octanol–water partition coefficient (Wildman–Crippen LogP) is 2.80. The first-order valence-electron chi connectivity index (χ1n) is 8.07. The molecule has 1 N–H and O–H groups in total. The van der Waals surface area contributed by atoms with Crippen LogP contribution in [-0.2, 0) is 7.05 Å². The van der Waals surface area contributed by atoms with Gasteiger partial charge in [-0.05, 0) is 60.3 Å². The summed E-state index contributed by atoms with van der Waals surface area (Å²) in [5.74, 6) is -0.172. The molecule has 2 aromatic heterocycles. The Labute approximate surface area is 159 Å². The van der Waals surface area contributed by atoms with Gasteiger partial charge in [0.2, 0.25) is 0 Å². The molecule has 1 amide bonds. The first-order valence-corrected chi connectivity index (χ1v) is 8.89. The second kappa shape index (κ2) is 7.42. The molecule has 0 atom stereocenters. The zero-order valence-electron chi connectivity index (χ0n) is 14.4. The van der Waals surface area contributed by atoms with E-state index in [1.165, 1.54) is 18.1 Å². The minimum atomic E-state index is -0.172. The Morgan fingerprint density at radius 1 is 1.04 bits per heavy atom. The number of hydrogen-bond acceptors (Lipinski definition) is 6. The summed E-state index contributed by atoms with van der Waals surface area (Å²) < 4.78 is 3.48. The van der Waals surface area contributed by atoms with E-state index in [0.717, 1.165) is 21.4 Å². The van der Waals surface area contributed by atoms with Crippen molar-refractivity contribution in [2.45, 2.75) is 10.1 Å². The fraction of sp³-hybridized carbons (Fsp3) is 0.0556. The van der Waals surface area contributed by atoms with E-state index in [1.807, 2.05) is 48.0 Å². The average Bonchev–Trinajstić information content (AvgIpc) is 3.36. The molecule has 4 rings (SSSR count). The highest BCUT2D eigenvalue weighted by atomic mass is 32.2. The number of carbonyl (C=O) groups excluding carboxylic acids is 1. The van der Waals surface area contributed by atoms with Crippen molar-refractivity contribution in [3.05, 3.63) is 73.1 Å². The molecule has 0 radical (unpaired) electrons. The van der Waals surface area contributed by atoms with Crippen molar-refractivity contribution in [1.82, 2.24) is 29.5 Å². The fourth-order valence-electron chi connectivity index (χ4n) is 2.39. The maximum atomic E-state index is 12.4. The largest absolute Gasteiger partial charge is 0.322 e. The van der Waals surface area contributed by atoms with Crippen molar-refractivity contribution >= 4 is 23.4 Å². The van der Waals surface area contributed by atoms with Gasteiger partial charge in [-0.2, -0.15) is 5.10 Å². The molecule has 0 fully saturated rings. The summed E-state index contributed by atoms with van der Waals surface area (Å²) in [7, 11) is 1.89. The lowest BCUT2D eigenvalue weighted by molar-refractivity contribution is 0.102. The molecule has 27 heavy (non-hydrogen) atoms. The summed E-state index contributed by atoms with van der Waals surface area (Å²) in [5, 5.41) is 15.7. The van der Waals surface area contributed by atoms with Crippen molar-refractivity contribution < 1.29 is 4.79 Å². The van der Waals surface area contributed by atoms with Gasteiger partial charge in [0.25, 0.3) is 5.91 Å². The molecule has 0 spiro atoms. The Morgan fingerprint density at radius 3 is 2.44 bits per heavy atom. The van der Waals surface area contributed by atoms with E-state index in [-0.39, 0.29) is 5.91 Å². The molecule has 0 saturated heterocycles. The number of nitrogens with one attached hydrogen (secondary N) is 1. The summed E-state index contributed by atoms with van der Waals surface area (Å²) in [6.07, 6.45) is 4.73. The van der Waals surface area contributed by atoms with Gasteiger partial charge in [0, 0.05) is 23.2 Å². The molecule has 2 heterocycles. The van der Waals surface area contributed by atoms with E-state index in [2.05, 4.69) is 25.6 Å². The minimum Gasteiger partial charge on any atom is -0.322 e. The molecule has 0 aliphatic rings. The summed E-state index contributed by atoms with van der Waals surface area (Å²) in [4.78, 5) is 17.3. The van der Waals surface area contributed by atoms with E-state index < -0.39 is 0 Å². The number of rotatable bonds is 5. The van der Waals surface area contributed by atoms with Gasteiger partial charge in [0.15, 0.2) is 5.16 Å². The van der Waals surface area contributed by atoms with Crippen LogP contribution in [0.15, 0.2) is 77.6 Å².